The highest BCUT2D eigenvalue weighted by atomic mass is 16.5. The van der Waals surface area contributed by atoms with Gasteiger partial charge in [-0.3, -0.25) is 0 Å². The number of rotatable bonds is 7. The van der Waals surface area contributed by atoms with Gasteiger partial charge in [0.25, 0.3) is 0 Å². The van der Waals surface area contributed by atoms with Crippen molar-refractivity contribution in [3.05, 3.63) is 53.1 Å². The Kier molecular flexibility index (Phi) is 7.30. The lowest BCUT2D eigenvalue weighted by Gasteiger charge is -2.08. The zero-order chi connectivity index (χ0) is 15.7. The number of allylic oxidation sites excluding steroid dienone is 3. The van der Waals surface area contributed by atoms with E-state index >= 15 is 0 Å². The van der Waals surface area contributed by atoms with Crippen molar-refractivity contribution in [2.24, 2.45) is 0 Å². The molecule has 0 aliphatic rings. The summed E-state index contributed by atoms with van der Waals surface area (Å²) in [6.45, 7) is 6.31. The number of para-hydroxylation sites is 1. The minimum Gasteiger partial charge on any atom is -0.496 e. The van der Waals surface area contributed by atoms with Crippen molar-refractivity contribution >= 4 is 5.97 Å². The highest BCUT2D eigenvalue weighted by molar-refractivity contribution is 5.82. The van der Waals surface area contributed by atoms with Gasteiger partial charge in [0, 0.05) is 11.6 Å². The fourth-order valence-corrected chi connectivity index (χ4v) is 1.87. The maximum Gasteiger partial charge on any atom is 0.331 e. The van der Waals surface area contributed by atoms with Gasteiger partial charge >= 0.3 is 5.97 Å². The Morgan fingerprint density at radius 2 is 1.90 bits per heavy atom. The molecule has 114 valence electrons. The van der Waals surface area contributed by atoms with E-state index in [1.807, 2.05) is 31.2 Å². The number of hydrogen-bond acceptors (Lipinski definition) is 3. The van der Waals surface area contributed by atoms with Gasteiger partial charge < -0.3 is 9.47 Å². The van der Waals surface area contributed by atoms with Gasteiger partial charge in [0.2, 0.25) is 0 Å². The first-order chi connectivity index (χ1) is 10.0. The minimum absolute atomic E-state index is 0.223. The average molecular weight is 288 g/mol. The van der Waals surface area contributed by atoms with Crippen LogP contribution in [0.5, 0.6) is 5.75 Å². The summed E-state index contributed by atoms with van der Waals surface area (Å²) in [5, 5.41) is 0. The summed E-state index contributed by atoms with van der Waals surface area (Å²) in [6.07, 6.45) is 5.55. The van der Waals surface area contributed by atoms with E-state index in [0.717, 1.165) is 29.7 Å². The molecule has 0 fully saturated rings. The van der Waals surface area contributed by atoms with Crippen LogP contribution >= 0.6 is 0 Å². The number of carbonyl (C=O) groups excluding carboxylic acids is 1. The molecular weight excluding hydrogens is 264 g/mol. The number of hydrogen-bond donors (Lipinski definition) is 0. The van der Waals surface area contributed by atoms with Crippen molar-refractivity contribution in [1.29, 1.82) is 0 Å². The smallest absolute Gasteiger partial charge is 0.331 e. The van der Waals surface area contributed by atoms with E-state index in [0.29, 0.717) is 0 Å². The van der Waals surface area contributed by atoms with E-state index in [1.54, 1.807) is 13.2 Å². The molecule has 1 aromatic carbocycles. The van der Waals surface area contributed by atoms with Crippen molar-refractivity contribution in [3.63, 3.8) is 0 Å². The van der Waals surface area contributed by atoms with Gasteiger partial charge in [0.15, 0.2) is 0 Å². The first-order valence-corrected chi connectivity index (χ1v) is 7.12. The Balaban J connectivity index is 2.48. The largest absolute Gasteiger partial charge is 0.496 e. The highest BCUT2D eigenvalue weighted by Gasteiger charge is 2.05. The first kappa shape index (κ1) is 17.0. The molecule has 21 heavy (non-hydrogen) atoms. The van der Waals surface area contributed by atoms with Crippen LogP contribution in [0.1, 0.15) is 39.2 Å². The SMILES string of the molecule is COc1ccccc1COC(=O)/C=C(\C)CCC=C(C)C. The second-order valence-corrected chi connectivity index (χ2v) is 5.23. The standard InChI is InChI=1S/C18H24O3/c1-14(2)8-7-9-15(3)12-18(19)21-13-16-10-5-6-11-17(16)20-4/h5-6,8,10-12H,7,9,13H2,1-4H3/b15-12+. The van der Waals surface area contributed by atoms with Crippen molar-refractivity contribution < 1.29 is 14.3 Å². The van der Waals surface area contributed by atoms with Gasteiger partial charge in [0.1, 0.15) is 12.4 Å². The fraction of sp³-hybridized carbons (Fsp3) is 0.389. The third kappa shape index (κ3) is 6.80. The van der Waals surface area contributed by atoms with Crippen LogP contribution in [0.2, 0.25) is 0 Å². The lowest BCUT2D eigenvalue weighted by molar-refractivity contribution is -0.139. The highest BCUT2D eigenvalue weighted by Crippen LogP contribution is 2.18. The van der Waals surface area contributed by atoms with E-state index in [9.17, 15) is 4.79 Å². The number of carbonyl (C=O) groups is 1. The van der Waals surface area contributed by atoms with Crippen LogP contribution in [0.25, 0.3) is 0 Å². The van der Waals surface area contributed by atoms with Crippen molar-refractivity contribution in [1.82, 2.24) is 0 Å². The third-order valence-electron chi connectivity index (χ3n) is 3.02. The summed E-state index contributed by atoms with van der Waals surface area (Å²) in [5.41, 5.74) is 3.18. The average Bonchev–Trinajstić information content (AvgIpc) is 2.45. The van der Waals surface area contributed by atoms with Crippen LogP contribution < -0.4 is 4.74 Å². The van der Waals surface area contributed by atoms with Gasteiger partial charge in [-0.1, -0.05) is 35.4 Å². The molecule has 0 bridgehead atoms. The second-order valence-electron chi connectivity index (χ2n) is 5.23. The molecule has 3 nitrogen and oxygen atoms in total. The molecule has 0 aromatic heterocycles. The molecule has 0 saturated heterocycles. The van der Waals surface area contributed by atoms with E-state index < -0.39 is 0 Å². The van der Waals surface area contributed by atoms with Crippen LogP contribution in [0.15, 0.2) is 47.6 Å². The van der Waals surface area contributed by atoms with Crippen LogP contribution in [0.4, 0.5) is 0 Å². The molecule has 1 rings (SSSR count). The maximum absolute atomic E-state index is 11.8. The van der Waals surface area contributed by atoms with Gasteiger partial charge in [-0.2, -0.15) is 0 Å². The lowest BCUT2D eigenvalue weighted by Crippen LogP contribution is -2.03. The molecule has 0 heterocycles. The quantitative estimate of drug-likeness (QED) is 0.423. The van der Waals surface area contributed by atoms with Gasteiger partial charge in [-0.15, -0.1) is 0 Å². The van der Waals surface area contributed by atoms with Crippen LogP contribution in [-0.2, 0) is 16.1 Å². The van der Waals surface area contributed by atoms with Gasteiger partial charge in [-0.05, 0) is 39.7 Å². The molecule has 0 atom stereocenters. The zero-order valence-corrected chi connectivity index (χ0v) is 13.3. The molecule has 0 N–H and O–H groups in total. The number of benzene rings is 1. The van der Waals surface area contributed by atoms with Gasteiger partial charge in [-0.25, -0.2) is 4.79 Å². The van der Waals surface area contributed by atoms with Crippen molar-refractivity contribution in [3.8, 4) is 5.75 Å². The molecule has 0 unspecified atom stereocenters. The predicted molar refractivity (Wildman–Crippen MR) is 85.2 cm³/mol. The molecule has 1 aromatic rings. The zero-order valence-electron chi connectivity index (χ0n) is 13.3. The van der Waals surface area contributed by atoms with Crippen molar-refractivity contribution in [2.45, 2.75) is 40.2 Å². The fourth-order valence-electron chi connectivity index (χ4n) is 1.87. The lowest BCUT2D eigenvalue weighted by atomic mass is 10.1. The molecule has 0 saturated carbocycles. The molecule has 0 radical (unpaired) electrons. The summed E-state index contributed by atoms with van der Waals surface area (Å²) in [6, 6.07) is 7.52. The predicted octanol–water partition coefficient (Wildman–Crippen LogP) is 4.43. The number of esters is 1. The molecule has 0 aliphatic heterocycles. The molecule has 0 amide bonds. The van der Waals surface area contributed by atoms with E-state index in [-0.39, 0.29) is 12.6 Å². The van der Waals surface area contributed by atoms with E-state index in [2.05, 4.69) is 19.9 Å². The van der Waals surface area contributed by atoms with Crippen LogP contribution in [0.3, 0.4) is 0 Å². The molecular formula is C18H24O3. The summed E-state index contributed by atoms with van der Waals surface area (Å²) in [4.78, 5) is 11.8. The Labute approximate surface area is 127 Å². The number of methoxy groups -OCH3 is 1. The van der Waals surface area contributed by atoms with Gasteiger partial charge in [0.05, 0.1) is 7.11 Å². The summed E-state index contributed by atoms with van der Waals surface area (Å²) < 4.78 is 10.5. The molecule has 3 heteroatoms. The second kappa shape index (κ2) is 9.01. The van der Waals surface area contributed by atoms with E-state index in [1.165, 1.54) is 5.57 Å². The Morgan fingerprint density at radius 1 is 1.19 bits per heavy atom. The first-order valence-electron chi connectivity index (χ1n) is 7.12. The summed E-state index contributed by atoms with van der Waals surface area (Å²) in [5.74, 6) is 0.421. The minimum atomic E-state index is -0.310. The maximum atomic E-state index is 11.8. The molecule has 0 aliphatic carbocycles. The summed E-state index contributed by atoms with van der Waals surface area (Å²) in [7, 11) is 1.61. The normalized spacial score (nSPS) is 11.0. The third-order valence-corrected chi connectivity index (χ3v) is 3.02. The van der Waals surface area contributed by atoms with Crippen LogP contribution in [-0.4, -0.2) is 13.1 Å². The number of ether oxygens (including phenoxy) is 2. The Bertz CT molecular complexity index is 523. The Hall–Kier alpha value is -2.03. The van der Waals surface area contributed by atoms with Crippen molar-refractivity contribution in [2.75, 3.05) is 7.11 Å². The summed E-state index contributed by atoms with van der Waals surface area (Å²) >= 11 is 0. The van der Waals surface area contributed by atoms with Crippen LogP contribution in [0, 0.1) is 0 Å². The monoisotopic (exact) mass is 288 g/mol. The molecule has 0 spiro atoms. The topological polar surface area (TPSA) is 35.5 Å². The van der Waals surface area contributed by atoms with E-state index in [4.69, 9.17) is 9.47 Å². The Morgan fingerprint density at radius 3 is 2.57 bits per heavy atom.